The van der Waals surface area contributed by atoms with E-state index in [1.807, 2.05) is 6.92 Å². The van der Waals surface area contributed by atoms with Crippen LogP contribution in [0.25, 0.3) is 5.57 Å². The summed E-state index contributed by atoms with van der Waals surface area (Å²) in [6.45, 7) is 4.60. The number of benzene rings is 1. The van der Waals surface area contributed by atoms with Crippen LogP contribution in [-0.2, 0) is 15.9 Å². The third-order valence-electron chi connectivity index (χ3n) is 5.96. The lowest BCUT2D eigenvalue weighted by Crippen LogP contribution is -2.44. The molecule has 3 heteroatoms. The summed E-state index contributed by atoms with van der Waals surface area (Å²) < 4.78 is 25.6. The summed E-state index contributed by atoms with van der Waals surface area (Å²) in [5.41, 5.74) is 2.86. The lowest BCUT2D eigenvalue weighted by molar-refractivity contribution is -0.236. The zero-order valence-electron chi connectivity index (χ0n) is 17.0. The molecule has 0 N–H and O–H groups in total. The molecule has 1 aromatic rings. The van der Waals surface area contributed by atoms with Gasteiger partial charge in [-0.15, -0.1) is 0 Å². The monoisotopic (exact) mass is 374 g/mol. The predicted octanol–water partition coefficient (Wildman–Crippen LogP) is 6.48. The summed E-state index contributed by atoms with van der Waals surface area (Å²) in [5.74, 6) is 0.883. The number of hydrogen-bond acceptors (Lipinski definition) is 2. The van der Waals surface area contributed by atoms with Gasteiger partial charge in [-0.25, -0.2) is 4.39 Å². The Morgan fingerprint density at radius 1 is 1.04 bits per heavy atom. The van der Waals surface area contributed by atoms with Gasteiger partial charge in [-0.1, -0.05) is 63.5 Å². The van der Waals surface area contributed by atoms with E-state index in [0.29, 0.717) is 6.42 Å². The second-order valence-electron chi connectivity index (χ2n) is 8.35. The molecular weight excluding hydrogens is 339 g/mol. The molecule has 1 atom stereocenters. The fraction of sp³-hybridized carbons (Fsp3) is 0.667. The molecule has 1 unspecified atom stereocenters. The molecule has 1 saturated heterocycles. The summed E-state index contributed by atoms with van der Waals surface area (Å²) in [6.07, 6.45) is 11.6. The van der Waals surface area contributed by atoms with Crippen molar-refractivity contribution >= 4 is 5.57 Å². The van der Waals surface area contributed by atoms with Crippen LogP contribution in [0.4, 0.5) is 4.39 Å². The maximum absolute atomic E-state index is 14.3. The quantitative estimate of drug-likeness (QED) is 0.518. The topological polar surface area (TPSA) is 18.5 Å². The molecule has 2 aliphatic rings. The zero-order valence-corrected chi connectivity index (χ0v) is 17.0. The van der Waals surface area contributed by atoms with Gasteiger partial charge in [-0.05, 0) is 54.7 Å². The fourth-order valence-corrected chi connectivity index (χ4v) is 4.32. The summed E-state index contributed by atoms with van der Waals surface area (Å²) >= 11 is 0. The van der Waals surface area contributed by atoms with Crippen LogP contribution in [0, 0.1) is 5.92 Å². The molecule has 2 nitrogen and oxygen atoms in total. The maximum atomic E-state index is 14.3. The Labute approximate surface area is 164 Å². The van der Waals surface area contributed by atoms with E-state index in [1.54, 1.807) is 0 Å². The van der Waals surface area contributed by atoms with E-state index in [-0.39, 0.29) is 19.5 Å². The minimum absolute atomic E-state index is 0.164. The summed E-state index contributed by atoms with van der Waals surface area (Å²) in [4.78, 5) is 0. The van der Waals surface area contributed by atoms with Gasteiger partial charge in [-0.2, -0.15) is 0 Å². The van der Waals surface area contributed by atoms with Gasteiger partial charge in [0.1, 0.15) is 0 Å². The molecule has 3 rings (SSSR count). The number of rotatable bonds is 8. The third-order valence-corrected chi connectivity index (χ3v) is 5.96. The second-order valence-corrected chi connectivity index (χ2v) is 8.35. The zero-order chi connectivity index (χ0) is 19.1. The van der Waals surface area contributed by atoms with Crippen LogP contribution in [0.2, 0.25) is 0 Å². The number of hydrogen-bond donors (Lipinski definition) is 0. The molecule has 0 spiro atoms. The fourth-order valence-electron chi connectivity index (χ4n) is 4.32. The number of allylic oxidation sites excluding steroid dienone is 2. The van der Waals surface area contributed by atoms with Crippen LogP contribution in [-0.4, -0.2) is 25.2 Å². The largest absolute Gasteiger partial charge is 0.349 e. The maximum Gasteiger partial charge on any atom is 0.158 e. The molecule has 1 aromatic carbocycles. The van der Waals surface area contributed by atoms with Crippen LogP contribution in [0.1, 0.15) is 76.3 Å². The van der Waals surface area contributed by atoms with E-state index in [4.69, 9.17) is 9.47 Å². The van der Waals surface area contributed by atoms with Crippen LogP contribution in [0.3, 0.4) is 0 Å². The average Bonchev–Trinajstić information content (AvgIpc) is 2.69. The van der Waals surface area contributed by atoms with Crippen LogP contribution >= 0.6 is 0 Å². The highest BCUT2D eigenvalue weighted by Gasteiger charge is 2.36. The molecule has 1 aliphatic carbocycles. The van der Waals surface area contributed by atoms with Crippen molar-refractivity contribution in [1.82, 2.24) is 0 Å². The first-order chi connectivity index (χ1) is 13.1. The lowest BCUT2D eigenvalue weighted by Gasteiger charge is -2.34. The van der Waals surface area contributed by atoms with Crippen molar-refractivity contribution in [1.29, 1.82) is 0 Å². The van der Waals surface area contributed by atoms with Gasteiger partial charge in [-0.3, -0.25) is 0 Å². The molecule has 150 valence electrons. The summed E-state index contributed by atoms with van der Waals surface area (Å²) in [5, 5.41) is 0. The normalized spacial score (nSPS) is 28.8. The SMILES string of the molecule is CCCC1CC=C(c2ccc(CCC3OCC(F)(CCC)CO3)cc2)CC1. The highest BCUT2D eigenvalue weighted by atomic mass is 19.1. The Morgan fingerprint density at radius 2 is 1.78 bits per heavy atom. The minimum atomic E-state index is -1.29. The number of ether oxygens (including phenoxy) is 2. The van der Waals surface area contributed by atoms with Crippen LogP contribution in [0.15, 0.2) is 30.3 Å². The van der Waals surface area contributed by atoms with Gasteiger partial charge < -0.3 is 9.47 Å². The van der Waals surface area contributed by atoms with Crippen molar-refractivity contribution in [2.75, 3.05) is 13.2 Å². The van der Waals surface area contributed by atoms with Crippen LogP contribution < -0.4 is 0 Å². The van der Waals surface area contributed by atoms with E-state index in [1.165, 1.54) is 48.8 Å². The van der Waals surface area contributed by atoms with Crippen molar-refractivity contribution in [3.05, 3.63) is 41.5 Å². The molecule has 0 radical (unpaired) electrons. The molecule has 1 heterocycles. The Balaban J connectivity index is 1.45. The highest BCUT2D eigenvalue weighted by molar-refractivity contribution is 5.66. The first-order valence-corrected chi connectivity index (χ1v) is 10.8. The van der Waals surface area contributed by atoms with Gasteiger partial charge in [0.05, 0.1) is 13.2 Å². The third kappa shape index (κ3) is 5.89. The Kier molecular flexibility index (Phi) is 7.49. The van der Waals surface area contributed by atoms with Crippen LogP contribution in [0.5, 0.6) is 0 Å². The molecule has 1 aliphatic heterocycles. The van der Waals surface area contributed by atoms with E-state index >= 15 is 0 Å². The van der Waals surface area contributed by atoms with Gasteiger partial charge in [0.25, 0.3) is 0 Å². The smallest absolute Gasteiger partial charge is 0.158 e. The Bertz CT molecular complexity index is 599. The second kappa shape index (κ2) is 9.84. The first-order valence-electron chi connectivity index (χ1n) is 10.8. The van der Waals surface area contributed by atoms with E-state index in [9.17, 15) is 4.39 Å². The summed E-state index contributed by atoms with van der Waals surface area (Å²) in [6, 6.07) is 8.93. The van der Waals surface area contributed by atoms with Crippen molar-refractivity contribution in [3.63, 3.8) is 0 Å². The standard InChI is InChI=1S/C24H35FO2/c1-3-5-19-6-11-21(12-7-19)22-13-8-20(9-14-22)10-15-23-26-17-24(25,16-4-2)18-27-23/h8-9,11,13-14,19,23H,3-7,10,12,15-18H2,1-2H3. The average molecular weight is 375 g/mol. The molecular formula is C24H35FO2. The Morgan fingerprint density at radius 3 is 2.37 bits per heavy atom. The number of aryl methyl sites for hydroxylation is 1. The molecule has 27 heavy (non-hydrogen) atoms. The van der Waals surface area contributed by atoms with Gasteiger partial charge >= 0.3 is 0 Å². The van der Waals surface area contributed by atoms with Crippen molar-refractivity contribution < 1.29 is 13.9 Å². The number of halogens is 1. The minimum Gasteiger partial charge on any atom is -0.349 e. The number of alkyl halides is 1. The highest BCUT2D eigenvalue weighted by Crippen LogP contribution is 2.32. The van der Waals surface area contributed by atoms with E-state index in [2.05, 4.69) is 37.3 Å². The van der Waals surface area contributed by atoms with Crippen molar-refractivity contribution in [3.8, 4) is 0 Å². The van der Waals surface area contributed by atoms with Gasteiger partial charge in [0.2, 0.25) is 0 Å². The molecule has 1 fully saturated rings. The first kappa shape index (κ1) is 20.5. The van der Waals surface area contributed by atoms with E-state index in [0.717, 1.165) is 25.2 Å². The molecule has 0 saturated carbocycles. The molecule has 0 aromatic heterocycles. The van der Waals surface area contributed by atoms with Crippen molar-refractivity contribution in [2.45, 2.75) is 83.6 Å². The van der Waals surface area contributed by atoms with Gasteiger partial charge in [0, 0.05) is 6.42 Å². The van der Waals surface area contributed by atoms with Gasteiger partial charge in [0.15, 0.2) is 12.0 Å². The van der Waals surface area contributed by atoms with E-state index < -0.39 is 5.67 Å². The molecule has 0 bridgehead atoms. The Hall–Kier alpha value is -1.19. The predicted molar refractivity (Wildman–Crippen MR) is 109 cm³/mol. The molecule has 0 amide bonds. The van der Waals surface area contributed by atoms with Crippen molar-refractivity contribution in [2.24, 2.45) is 5.92 Å². The lowest BCUT2D eigenvalue weighted by atomic mass is 9.84. The summed E-state index contributed by atoms with van der Waals surface area (Å²) in [7, 11) is 0.